The molecule has 2 aromatic carbocycles. The van der Waals surface area contributed by atoms with E-state index in [2.05, 4.69) is 25.3 Å². The van der Waals surface area contributed by atoms with Gasteiger partial charge in [-0.1, -0.05) is 6.07 Å². The number of aromatic nitrogens is 2. The Balaban J connectivity index is 1.71. The molecule has 1 heterocycles. The Morgan fingerprint density at radius 2 is 1.65 bits per heavy atom. The van der Waals surface area contributed by atoms with Gasteiger partial charge >= 0.3 is 5.97 Å². The lowest BCUT2D eigenvalue weighted by Crippen LogP contribution is -2.00. The van der Waals surface area contributed by atoms with E-state index in [0.29, 0.717) is 11.6 Å². The Morgan fingerprint density at radius 1 is 0.962 bits per heavy atom. The third-order valence-electron chi connectivity index (χ3n) is 3.40. The standard InChI is InChI=1S/C18H17N5O2S/c1-19-26-15-4-2-3-14(9-15)23-17-10-16(20-11-21-17)22-13-7-5-12(6-8-13)18(24)25/h2-11,19H,1H3,(H,24,25)(H2,20,21,22,23). The summed E-state index contributed by atoms with van der Waals surface area (Å²) in [4.78, 5) is 20.4. The molecule has 132 valence electrons. The molecular formula is C18H17N5O2S. The van der Waals surface area contributed by atoms with Crippen molar-refractivity contribution in [3.05, 3.63) is 66.5 Å². The van der Waals surface area contributed by atoms with E-state index in [-0.39, 0.29) is 5.56 Å². The number of carboxylic acid groups (broad SMARTS) is 1. The summed E-state index contributed by atoms with van der Waals surface area (Å²) < 4.78 is 3.04. The smallest absolute Gasteiger partial charge is 0.335 e. The number of carboxylic acids is 1. The second-order valence-corrected chi connectivity index (χ2v) is 6.34. The molecule has 3 aromatic rings. The van der Waals surface area contributed by atoms with Crippen molar-refractivity contribution in [3.63, 3.8) is 0 Å². The van der Waals surface area contributed by atoms with Gasteiger partial charge in [-0.15, -0.1) is 0 Å². The molecule has 7 nitrogen and oxygen atoms in total. The predicted molar refractivity (Wildman–Crippen MR) is 103 cm³/mol. The van der Waals surface area contributed by atoms with Crippen LogP contribution in [-0.4, -0.2) is 28.1 Å². The lowest BCUT2D eigenvalue weighted by atomic mass is 10.2. The molecule has 26 heavy (non-hydrogen) atoms. The molecule has 0 amide bonds. The largest absolute Gasteiger partial charge is 0.478 e. The monoisotopic (exact) mass is 367 g/mol. The average Bonchev–Trinajstić information content (AvgIpc) is 2.63. The van der Waals surface area contributed by atoms with Crippen molar-refractivity contribution in [2.24, 2.45) is 0 Å². The van der Waals surface area contributed by atoms with Gasteiger partial charge in [0.1, 0.15) is 18.0 Å². The van der Waals surface area contributed by atoms with Crippen LogP contribution in [0.2, 0.25) is 0 Å². The first kappa shape index (κ1) is 17.7. The second kappa shape index (κ2) is 8.32. The Morgan fingerprint density at radius 3 is 2.31 bits per heavy atom. The number of hydrogen-bond acceptors (Lipinski definition) is 7. The molecule has 8 heteroatoms. The molecule has 0 aliphatic rings. The zero-order chi connectivity index (χ0) is 18.4. The molecular weight excluding hydrogens is 350 g/mol. The van der Waals surface area contributed by atoms with Crippen LogP contribution >= 0.6 is 11.9 Å². The summed E-state index contributed by atoms with van der Waals surface area (Å²) in [5.41, 5.74) is 1.90. The van der Waals surface area contributed by atoms with Gasteiger partial charge in [0.15, 0.2) is 0 Å². The number of hydrogen-bond donors (Lipinski definition) is 4. The number of aromatic carboxylic acids is 1. The first-order valence-electron chi connectivity index (χ1n) is 7.77. The van der Waals surface area contributed by atoms with Crippen molar-refractivity contribution in [2.45, 2.75) is 4.90 Å². The van der Waals surface area contributed by atoms with Crippen LogP contribution in [0.25, 0.3) is 0 Å². The van der Waals surface area contributed by atoms with Crippen LogP contribution < -0.4 is 15.4 Å². The van der Waals surface area contributed by atoms with Gasteiger partial charge in [-0.2, -0.15) is 0 Å². The van der Waals surface area contributed by atoms with Gasteiger partial charge < -0.3 is 15.7 Å². The molecule has 0 aliphatic heterocycles. The fraction of sp³-hybridized carbons (Fsp3) is 0.0556. The van der Waals surface area contributed by atoms with Gasteiger partial charge in [0, 0.05) is 22.3 Å². The van der Waals surface area contributed by atoms with Gasteiger partial charge in [0.05, 0.1) is 5.56 Å². The minimum atomic E-state index is -0.955. The second-order valence-electron chi connectivity index (χ2n) is 5.26. The zero-order valence-electron chi connectivity index (χ0n) is 13.9. The Bertz CT molecular complexity index is 902. The van der Waals surface area contributed by atoms with E-state index in [9.17, 15) is 4.79 Å². The van der Waals surface area contributed by atoms with E-state index in [0.717, 1.165) is 16.3 Å². The van der Waals surface area contributed by atoms with Gasteiger partial charge in [-0.25, -0.2) is 14.8 Å². The number of benzene rings is 2. The van der Waals surface area contributed by atoms with Gasteiger partial charge in [0.25, 0.3) is 0 Å². The molecule has 0 saturated carbocycles. The van der Waals surface area contributed by atoms with E-state index in [1.165, 1.54) is 30.4 Å². The fourth-order valence-corrected chi connectivity index (χ4v) is 2.81. The summed E-state index contributed by atoms with van der Waals surface area (Å²) in [5, 5.41) is 15.3. The maximum absolute atomic E-state index is 10.9. The van der Waals surface area contributed by atoms with Crippen LogP contribution in [0.4, 0.5) is 23.0 Å². The molecule has 0 aliphatic carbocycles. The quantitative estimate of drug-likeness (QED) is 0.467. The molecule has 0 spiro atoms. The molecule has 0 unspecified atom stereocenters. The van der Waals surface area contributed by atoms with Crippen molar-refractivity contribution in [2.75, 3.05) is 17.7 Å². The highest BCUT2D eigenvalue weighted by Gasteiger charge is 2.04. The van der Waals surface area contributed by atoms with E-state index >= 15 is 0 Å². The van der Waals surface area contributed by atoms with Crippen molar-refractivity contribution >= 4 is 40.9 Å². The number of nitrogens with zero attached hydrogens (tertiary/aromatic N) is 2. The van der Waals surface area contributed by atoms with E-state index < -0.39 is 5.97 Å². The fourth-order valence-electron chi connectivity index (χ4n) is 2.24. The van der Waals surface area contributed by atoms with Gasteiger partial charge in [-0.05, 0) is 61.5 Å². The maximum atomic E-state index is 10.9. The SMILES string of the molecule is CNSc1cccc(Nc2cc(Nc3ccc(C(=O)O)cc3)ncn2)c1. The lowest BCUT2D eigenvalue weighted by Gasteiger charge is -2.10. The third-order valence-corrected chi connectivity index (χ3v) is 4.09. The van der Waals surface area contributed by atoms with Crippen LogP contribution in [0.1, 0.15) is 10.4 Å². The highest BCUT2D eigenvalue weighted by Crippen LogP contribution is 2.23. The number of carbonyl (C=O) groups is 1. The van der Waals surface area contributed by atoms with Crippen molar-refractivity contribution < 1.29 is 9.90 Å². The lowest BCUT2D eigenvalue weighted by molar-refractivity contribution is 0.0697. The predicted octanol–water partition coefficient (Wildman–Crippen LogP) is 3.89. The summed E-state index contributed by atoms with van der Waals surface area (Å²) in [7, 11) is 1.87. The molecule has 1 aromatic heterocycles. The molecule has 0 radical (unpaired) electrons. The summed E-state index contributed by atoms with van der Waals surface area (Å²) >= 11 is 1.53. The van der Waals surface area contributed by atoms with E-state index in [1.54, 1.807) is 18.2 Å². The van der Waals surface area contributed by atoms with Crippen molar-refractivity contribution in [1.82, 2.24) is 14.7 Å². The highest BCUT2D eigenvalue weighted by molar-refractivity contribution is 7.97. The zero-order valence-corrected chi connectivity index (χ0v) is 14.7. The normalized spacial score (nSPS) is 10.3. The topological polar surface area (TPSA) is 99.2 Å². The minimum absolute atomic E-state index is 0.236. The Labute approximate surface area is 155 Å². The molecule has 0 fully saturated rings. The van der Waals surface area contributed by atoms with Crippen molar-refractivity contribution in [1.29, 1.82) is 0 Å². The summed E-state index contributed by atoms with van der Waals surface area (Å²) in [5.74, 6) is 0.298. The first-order valence-corrected chi connectivity index (χ1v) is 8.59. The molecule has 0 bridgehead atoms. The minimum Gasteiger partial charge on any atom is -0.478 e. The van der Waals surface area contributed by atoms with E-state index in [4.69, 9.17) is 5.11 Å². The average molecular weight is 367 g/mol. The maximum Gasteiger partial charge on any atom is 0.335 e. The van der Waals surface area contributed by atoms with Crippen LogP contribution in [0.3, 0.4) is 0 Å². The first-order chi connectivity index (χ1) is 12.6. The Kier molecular flexibility index (Phi) is 5.67. The number of rotatable bonds is 7. The third kappa shape index (κ3) is 4.71. The Hall–Kier alpha value is -3.10. The summed E-state index contributed by atoms with van der Waals surface area (Å²) in [6, 6.07) is 16.2. The van der Waals surface area contributed by atoms with Crippen LogP contribution in [0, 0.1) is 0 Å². The highest BCUT2D eigenvalue weighted by atomic mass is 32.2. The van der Waals surface area contributed by atoms with Crippen LogP contribution in [0.5, 0.6) is 0 Å². The van der Waals surface area contributed by atoms with Gasteiger partial charge in [-0.3, -0.25) is 4.72 Å². The number of anilines is 4. The van der Waals surface area contributed by atoms with E-state index in [1.807, 2.05) is 31.3 Å². The van der Waals surface area contributed by atoms with Crippen LogP contribution in [-0.2, 0) is 0 Å². The molecule has 3 rings (SSSR count). The number of nitrogens with one attached hydrogen (secondary N) is 3. The molecule has 0 atom stereocenters. The van der Waals surface area contributed by atoms with Crippen molar-refractivity contribution in [3.8, 4) is 0 Å². The van der Waals surface area contributed by atoms with Crippen LogP contribution in [0.15, 0.2) is 65.8 Å². The molecule has 4 N–H and O–H groups in total. The summed E-state index contributed by atoms with van der Waals surface area (Å²) in [6.45, 7) is 0. The van der Waals surface area contributed by atoms with Gasteiger partial charge in [0.2, 0.25) is 0 Å². The summed E-state index contributed by atoms with van der Waals surface area (Å²) in [6.07, 6.45) is 1.46. The molecule has 0 saturated heterocycles.